The van der Waals surface area contributed by atoms with Gasteiger partial charge in [0.1, 0.15) is 12.5 Å². The highest BCUT2D eigenvalue weighted by atomic mass is 16.5. The molecule has 0 aromatic heterocycles. The predicted octanol–water partition coefficient (Wildman–Crippen LogP) is 1.58. The minimum Gasteiger partial charge on any atom is -0.468 e. The number of methoxy groups -OCH3 is 1. The van der Waals surface area contributed by atoms with E-state index in [0.29, 0.717) is 6.61 Å². The summed E-state index contributed by atoms with van der Waals surface area (Å²) in [6.45, 7) is 1.80. The van der Waals surface area contributed by atoms with Gasteiger partial charge in [-0.05, 0) is 12.5 Å². The minimum absolute atomic E-state index is 0.0782. The van der Waals surface area contributed by atoms with Gasteiger partial charge >= 0.3 is 5.97 Å². The summed E-state index contributed by atoms with van der Waals surface area (Å²) in [7, 11) is 1.26. The molecule has 0 aliphatic heterocycles. The van der Waals surface area contributed by atoms with E-state index in [0.717, 1.165) is 5.56 Å². The van der Waals surface area contributed by atoms with Gasteiger partial charge in [-0.25, -0.2) is 0 Å². The zero-order valence-corrected chi connectivity index (χ0v) is 10.0. The van der Waals surface area contributed by atoms with Gasteiger partial charge in [-0.3, -0.25) is 9.59 Å². The fraction of sp³-hybridized carbons (Fsp3) is 0.385. The summed E-state index contributed by atoms with van der Waals surface area (Å²) < 4.78 is 9.72. The van der Waals surface area contributed by atoms with Gasteiger partial charge in [-0.2, -0.15) is 0 Å². The second-order valence-electron chi connectivity index (χ2n) is 3.69. The van der Waals surface area contributed by atoms with Crippen LogP contribution in [0.5, 0.6) is 0 Å². The summed E-state index contributed by atoms with van der Waals surface area (Å²) >= 11 is 0. The van der Waals surface area contributed by atoms with Crippen molar-refractivity contribution in [2.75, 3.05) is 13.7 Å². The Morgan fingerprint density at radius 3 is 2.47 bits per heavy atom. The van der Waals surface area contributed by atoms with Crippen LogP contribution in [0.1, 0.15) is 12.5 Å². The summed E-state index contributed by atoms with van der Waals surface area (Å²) in [5.41, 5.74) is 0.992. The molecule has 0 saturated heterocycles. The minimum atomic E-state index is -0.768. The van der Waals surface area contributed by atoms with Gasteiger partial charge in [-0.1, -0.05) is 30.3 Å². The van der Waals surface area contributed by atoms with E-state index < -0.39 is 11.9 Å². The third-order valence-electron chi connectivity index (χ3n) is 2.39. The van der Waals surface area contributed by atoms with E-state index >= 15 is 0 Å². The van der Waals surface area contributed by atoms with Gasteiger partial charge in [0.15, 0.2) is 5.78 Å². The molecule has 1 aromatic rings. The van der Waals surface area contributed by atoms with Crippen LogP contribution in [0, 0.1) is 5.92 Å². The summed E-state index contributed by atoms with van der Waals surface area (Å²) in [6.07, 6.45) is 0. The molecule has 0 bridgehead atoms. The molecule has 4 heteroatoms. The van der Waals surface area contributed by atoms with Crippen molar-refractivity contribution in [3.8, 4) is 0 Å². The van der Waals surface area contributed by atoms with Crippen molar-refractivity contribution in [2.24, 2.45) is 5.92 Å². The Morgan fingerprint density at radius 2 is 1.88 bits per heavy atom. The molecule has 17 heavy (non-hydrogen) atoms. The van der Waals surface area contributed by atoms with Crippen molar-refractivity contribution in [1.29, 1.82) is 0 Å². The van der Waals surface area contributed by atoms with Gasteiger partial charge in [0.2, 0.25) is 0 Å². The largest absolute Gasteiger partial charge is 0.468 e. The van der Waals surface area contributed by atoms with Crippen molar-refractivity contribution < 1.29 is 19.1 Å². The molecule has 0 amide bonds. The van der Waals surface area contributed by atoms with Crippen molar-refractivity contribution in [2.45, 2.75) is 13.5 Å². The number of Topliss-reactive ketones (excluding diaryl/α,β-unsaturated/α-hetero) is 1. The second kappa shape index (κ2) is 6.81. The zero-order valence-electron chi connectivity index (χ0n) is 10.0. The highest BCUT2D eigenvalue weighted by molar-refractivity contribution is 5.99. The maximum absolute atomic E-state index is 11.5. The predicted molar refractivity (Wildman–Crippen MR) is 62.3 cm³/mol. The standard InChI is InChI=1S/C13H16O4/c1-10(13(15)16-2)12(14)9-17-8-11-6-4-3-5-7-11/h3-7,10H,8-9H2,1-2H3/t10-/m1/s1. The van der Waals surface area contributed by atoms with E-state index in [1.165, 1.54) is 14.0 Å². The number of ether oxygens (including phenoxy) is 2. The highest BCUT2D eigenvalue weighted by Gasteiger charge is 2.21. The lowest BCUT2D eigenvalue weighted by Gasteiger charge is -2.08. The van der Waals surface area contributed by atoms with Gasteiger partial charge in [-0.15, -0.1) is 0 Å². The Balaban J connectivity index is 2.32. The van der Waals surface area contributed by atoms with E-state index in [1.807, 2.05) is 30.3 Å². The zero-order chi connectivity index (χ0) is 12.7. The van der Waals surface area contributed by atoms with Crippen molar-refractivity contribution in [3.63, 3.8) is 0 Å². The molecule has 1 rings (SSSR count). The van der Waals surface area contributed by atoms with E-state index in [1.54, 1.807) is 0 Å². The molecule has 0 heterocycles. The average molecular weight is 236 g/mol. The Bertz CT molecular complexity index is 372. The Hall–Kier alpha value is -1.68. The quantitative estimate of drug-likeness (QED) is 0.556. The van der Waals surface area contributed by atoms with Crippen LogP contribution < -0.4 is 0 Å². The molecule has 92 valence electrons. The summed E-state index contributed by atoms with van der Waals surface area (Å²) in [5.74, 6) is -1.57. The van der Waals surface area contributed by atoms with Crippen LogP contribution in [0.2, 0.25) is 0 Å². The monoisotopic (exact) mass is 236 g/mol. The van der Waals surface area contributed by atoms with Gasteiger partial charge in [0.05, 0.1) is 13.7 Å². The second-order valence-corrected chi connectivity index (χ2v) is 3.69. The van der Waals surface area contributed by atoms with Crippen LogP contribution in [0.15, 0.2) is 30.3 Å². The Morgan fingerprint density at radius 1 is 1.24 bits per heavy atom. The number of benzene rings is 1. The molecule has 0 saturated carbocycles. The number of rotatable bonds is 6. The van der Waals surface area contributed by atoms with E-state index in [9.17, 15) is 9.59 Å². The molecule has 0 radical (unpaired) electrons. The smallest absolute Gasteiger partial charge is 0.316 e. The SMILES string of the molecule is COC(=O)[C@H](C)C(=O)COCc1ccccc1. The van der Waals surface area contributed by atoms with Gasteiger partial charge in [0, 0.05) is 0 Å². The highest BCUT2D eigenvalue weighted by Crippen LogP contribution is 2.03. The first kappa shape index (κ1) is 13.4. The number of hydrogen-bond donors (Lipinski definition) is 0. The van der Waals surface area contributed by atoms with Crippen LogP contribution in [-0.4, -0.2) is 25.5 Å². The lowest BCUT2D eigenvalue weighted by molar-refractivity contribution is -0.150. The first-order chi connectivity index (χ1) is 8.15. The van der Waals surface area contributed by atoms with Crippen molar-refractivity contribution >= 4 is 11.8 Å². The molecular formula is C13H16O4. The molecule has 0 spiro atoms. The van der Waals surface area contributed by atoms with Crippen molar-refractivity contribution in [1.82, 2.24) is 0 Å². The number of esters is 1. The Kier molecular flexibility index (Phi) is 5.36. The third kappa shape index (κ3) is 4.36. The fourth-order valence-electron chi connectivity index (χ4n) is 1.28. The molecule has 0 aliphatic rings. The summed E-state index contributed by atoms with van der Waals surface area (Å²) in [4.78, 5) is 22.6. The summed E-state index contributed by atoms with van der Waals surface area (Å²) in [5, 5.41) is 0. The number of ketones is 1. The van der Waals surface area contributed by atoms with Crippen LogP contribution in [0.25, 0.3) is 0 Å². The lowest BCUT2D eigenvalue weighted by atomic mass is 10.1. The molecule has 1 aromatic carbocycles. The van der Waals surface area contributed by atoms with E-state index in [2.05, 4.69) is 4.74 Å². The molecular weight excluding hydrogens is 220 g/mol. The topological polar surface area (TPSA) is 52.6 Å². The maximum Gasteiger partial charge on any atom is 0.316 e. The van der Waals surface area contributed by atoms with Crippen LogP contribution >= 0.6 is 0 Å². The lowest BCUT2D eigenvalue weighted by Crippen LogP contribution is -2.25. The van der Waals surface area contributed by atoms with Gasteiger partial charge < -0.3 is 9.47 Å². The van der Waals surface area contributed by atoms with Crippen LogP contribution in [-0.2, 0) is 25.7 Å². The maximum atomic E-state index is 11.5. The Labute approximate surface area is 101 Å². The van der Waals surface area contributed by atoms with Crippen molar-refractivity contribution in [3.05, 3.63) is 35.9 Å². The van der Waals surface area contributed by atoms with Crippen LogP contribution in [0.4, 0.5) is 0 Å². The molecule has 0 unspecified atom stereocenters. The molecule has 0 fully saturated rings. The number of carbonyl (C=O) groups excluding carboxylic acids is 2. The molecule has 0 N–H and O–H groups in total. The molecule has 4 nitrogen and oxygen atoms in total. The summed E-state index contributed by atoms with van der Waals surface area (Å²) in [6, 6.07) is 9.53. The third-order valence-corrected chi connectivity index (χ3v) is 2.39. The average Bonchev–Trinajstić information content (AvgIpc) is 2.38. The van der Waals surface area contributed by atoms with E-state index in [-0.39, 0.29) is 12.4 Å². The first-order valence-electron chi connectivity index (χ1n) is 5.37. The first-order valence-corrected chi connectivity index (χ1v) is 5.37. The normalized spacial score (nSPS) is 11.9. The fourth-order valence-corrected chi connectivity index (χ4v) is 1.28. The number of carbonyl (C=O) groups is 2. The number of hydrogen-bond acceptors (Lipinski definition) is 4. The van der Waals surface area contributed by atoms with Crippen LogP contribution in [0.3, 0.4) is 0 Å². The van der Waals surface area contributed by atoms with E-state index in [4.69, 9.17) is 4.74 Å². The molecule has 1 atom stereocenters. The molecule has 0 aliphatic carbocycles. The van der Waals surface area contributed by atoms with Gasteiger partial charge in [0.25, 0.3) is 0 Å².